The fourth-order valence-corrected chi connectivity index (χ4v) is 3.65. The van der Waals surface area contributed by atoms with Crippen LogP contribution in [0.25, 0.3) is 27.7 Å². The topological polar surface area (TPSA) is 75.2 Å². The molecular weight excluding hydrogens is 376 g/mol. The molecule has 30 heavy (non-hydrogen) atoms. The largest absolute Gasteiger partial charge is 0.493 e. The summed E-state index contributed by atoms with van der Waals surface area (Å²) in [7, 11) is 0. The molecule has 2 N–H and O–H groups in total. The molecule has 0 atom stereocenters. The fraction of sp³-hybridized carbons (Fsp3) is 0.360. The number of ether oxygens (including phenoxy) is 1. The lowest BCUT2D eigenvalue weighted by Crippen LogP contribution is -2.03. The van der Waals surface area contributed by atoms with Gasteiger partial charge in [0.1, 0.15) is 11.4 Å². The van der Waals surface area contributed by atoms with E-state index < -0.39 is 5.97 Å². The smallest absolute Gasteiger partial charge is 0.328 e. The molecule has 3 aromatic rings. The minimum absolute atomic E-state index is 0.311. The van der Waals surface area contributed by atoms with Gasteiger partial charge in [-0.05, 0) is 66.1 Å². The van der Waals surface area contributed by atoms with Crippen molar-refractivity contribution in [2.45, 2.75) is 53.4 Å². The number of benzene rings is 2. The van der Waals surface area contributed by atoms with Crippen molar-refractivity contribution in [1.82, 2.24) is 10.2 Å². The molecule has 2 aromatic carbocycles. The van der Waals surface area contributed by atoms with Crippen LogP contribution in [-0.2, 0) is 4.79 Å². The molecular formula is C25H30N2O3. The van der Waals surface area contributed by atoms with Crippen LogP contribution >= 0.6 is 0 Å². The highest BCUT2D eigenvalue weighted by Crippen LogP contribution is 2.41. The van der Waals surface area contributed by atoms with Gasteiger partial charge in [0.15, 0.2) is 0 Å². The predicted molar refractivity (Wildman–Crippen MR) is 122 cm³/mol. The Balaban J connectivity index is 2.29. The number of aromatic nitrogens is 2. The van der Waals surface area contributed by atoms with Crippen LogP contribution in [0, 0.1) is 0 Å². The Bertz CT molecular complexity index is 1110. The van der Waals surface area contributed by atoms with Gasteiger partial charge < -0.3 is 9.84 Å². The van der Waals surface area contributed by atoms with E-state index in [1.807, 2.05) is 25.1 Å². The molecule has 0 fully saturated rings. The number of carboxylic acids is 1. The summed E-state index contributed by atoms with van der Waals surface area (Å²) in [5.74, 6) is 0.599. The van der Waals surface area contributed by atoms with Crippen molar-refractivity contribution in [2.75, 3.05) is 6.61 Å². The van der Waals surface area contributed by atoms with Crippen LogP contribution in [0.15, 0.2) is 36.4 Å². The molecule has 0 aliphatic heterocycles. The molecule has 1 aromatic heterocycles. The number of hydrogen-bond donors (Lipinski definition) is 2. The Morgan fingerprint density at radius 1 is 1.17 bits per heavy atom. The number of hydrogen-bond acceptors (Lipinski definition) is 3. The molecule has 0 amide bonds. The molecule has 0 saturated carbocycles. The maximum absolute atomic E-state index is 11.1. The van der Waals surface area contributed by atoms with Crippen LogP contribution in [0.2, 0.25) is 0 Å². The van der Waals surface area contributed by atoms with Crippen LogP contribution in [0.3, 0.4) is 0 Å². The van der Waals surface area contributed by atoms with E-state index in [2.05, 4.69) is 50.0 Å². The highest BCUT2D eigenvalue weighted by atomic mass is 16.5. The van der Waals surface area contributed by atoms with E-state index in [4.69, 9.17) is 9.84 Å². The van der Waals surface area contributed by atoms with Gasteiger partial charge in [-0.15, -0.1) is 0 Å². The van der Waals surface area contributed by atoms with E-state index in [1.54, 1.807) is 6.92 Å². The number of aliphatic carboxylic acids is 1. The highest BCUT2D eigenvalue weighted by molar-refractivity contribution is 5.98. The third kappa shape index (κ3) is 4.25. The summed E-state index contributed by atoms with van der Waals surface area (Å²) >= 11 is 0. The molecule has 0 bridgehead atoms. The van der Waals surface area contributed by atoms with E-state index >= 15 is 0 Å². The van der Waals surface area contributed by atoms with Gasteiger partial charge in [-0.2, -0.15) is 5.10 Å². The van der Waals surface area contributed by atoms with Crippen molar-refractivity contribution < 1.29 is 14.6 Å². The zero-order chi connectivity index (χ0) is 22.0. The Labute approximate surface area is 177 Å². The van der Waals surface area contributed by atoms with Crippen LogP contribution < -0.4 is 4.74 Å². The van der Waals surface area contributed by atoms with E-state index in [-0.39, 0.29) is 0 Å². The van der Waals surface area contributed by atoms with Gasteiger partial charge >= 0.3 is 5.97 Å². The fourth-order valence-electron chi connectivity index (χ4n) is 3.65. The number of rotatable bonds is 7. The minimum atomic E-state index is -0.954. The van der Waals surface area contributed by atoms with Crippen molar-refractivity contribution in [1.29, 1.82) is 0 Å². The molecule has 3 rings (SSSR count). The first-order valence-electron chi connectivity index (χ1n) is 10.4. The van der Waals surface area contributed by atoms with Gasteiger partial charge in [-0.25, -0.2) is 4.79 Å². The number of nitrogens with one attached hydrogen (secondary N) is 1. The van der Waals surface area contributed by atoms with E-state index in [0.717, 1.165) is 33.5 Å². The lowest BCUT2D eigenvalue weighted by molar-refractivity contribution is -0.131. The molecule has 0 aliphatic rings. The zero-order valence-corrected chi connectivity index (χ0v) is 18.5. The van der Waals surface area contributed by atoms with Crippen LogP contribution in [0.1, 0.15) is 70.1 Å². The van der Waals surface area contributed by atoms with Crippen molar-refractivity contribution >= 4 is 22.4 Å². The van der Waals surface area contributed by atoms with E-state index in [0.29, 0.717) is 24.0 Å². The van der Waals surface area contributed by atoms with Crippen LogP contribution in [-0.4, -0.2) is 27.9 Å². The third-order valence-electron chi connectivity index (χ3n) is 5.33. The lowest BCUT2D eigenvalue weighted by Gasteiger charge is -2.20. The third-order valence-corrected chi connectivity index (χ3v) is 5.33. The lowest BCUT2D eigenvalue weighted by atomic mass is 9.90. The Hall–Kier alpha value is -3.08. The summed E-state index contributed by atoms with van der Waals surface area (Å²) in [6.07, 6.45) is 1.22. The second-order valence-electron chi connectivity index (χ2n) is 8.23. The van der Waals surface area contributed by atoms with Gasteiger partial charge in [-0.3, -0.25) is 5.10 Å². The molecule has 5 nitrogen and oxygen atoms in total. The summed E-state index contributed by atoms with van der Waals surface area (Å²) < 4.78 is 6.12. The van der Waals surface area contributed by atoms with Crippen molar-refractivity contribution in [3.05, 3.63) is 53.1 Å². The molecule has 0 spiro atoms. The number of H-pyrrole nitrogens is 1. The number of carboxylic acid groups (broad SMARTS) is 1. The molecule has 0 unspecified atom stereocenters. The van der Waals surface area contributed by atoms with Crippen molar-refractivity contribution in [3.8, 4) is 17.0 Å². The Morgan fingerprint density at radius 2 is 1.90 bits per heavy atom. The summed E-state index contributed by atoms with van der Waals surface area (Å²) in [6, 6.07) is 10.3. The quantitative estimate of drug-likeness (QED) is 0.447. The summed E-state index contributed by atoms with van der Waals surface area (Å²) in [6.45, 7) is 13.1. The first-order chi connectivity index (χ1) is 14.2. The first kappa shape index (κ1) is 21.6. The molecule has 0 radical (unpaired) electrons. The van der Waals surface area contributed by atoms with E-state index in [9.17, 15) is 4.79 Å². The molecule has 5 heteroatoms. The monoisotopic (exact) mass is 406 g/mol. The summed E-state index contributed by atoms with van der Waals surface area (Å²) in [5.41, 5.74) is 6.66. The highest BCUT2D eigenvalue weighted by Gasteiger charge is 2.21. The molecule has 0 aliphatic carbocycles. The average Bonchev–Trinajstić information content (AvgIpc) is 3.10. The molecule has 158 valence electrons. The maximum Gasteiger partial charge on any atom is 0.328 e. The number of fused-ring (bicyclic) bond motifs is 1. The normalized spacial score (nSPS) is 12.2. The molecule has 0 saturated heterocycles. The standard InChI is InChI=1S/C25H30N2O3/c1-7-30-25-19(15(4)5)12-18(14(2)3)13-21(25)24-20-11-17(16(6)10-23(28)29)8-9-22(20)26-27-24/h8-15H,7H2,1-6H3,(H,26,27)(H,28,29)/b16-10+. The van der Waals surface area contributed by atoms with E-state index in [1.165, 1.54) is 17.2 Å². The molecule has 1 heterocycles. The number of allylic oxidation sites excluding steroid dienone is 1. The summed E-state index contributed by atoms with van der Waals surface area (Å²) in [5, 5.41) is 17.8. The number of aromatic amines is 1. The second kappa shape index (κ2) is 8.74. The van der Waals surface area contributed by atoms with Crippen LogP contribution in [0.5, 0.6) is 5.75 Å². The SMILES string of the molecule is CCOc1c(-c2n[nH]c3ccc(/C(C)=C/C(=O)O)cc23)cc(C(C)C)cc1C(C)C. The second-order valence-corrected chi connectivity index (χ2v) is 8.23. The predicted octanol–water partition coefficient (Wildman–Crippen LogP) is 6.36. The van der Waals surface area contributed by atoms with Gasteiger partial charge in [0.25, 0.3) is 0 Å². The Kier molecular flexibility index (Phi) is 6.30. The van der Waals surface area contributed by atoms with Gasteiger partial charge in [0.05, 0.1) is 12.1 Å². The summed E-state index contributed by atoms with van der Waals surface area (Å²) in [4.78, 5) is 11.1. The number of nitrogens with zero attached hydrogens (tertiary/aromatic N) is 1. The average molecular weight is 407 g/mol. The van der Waals surface area contributed by atoms with Crippen molar-refractivity contribution in [3.63, 3.8) is 0 Å². The van der Waals surface area contributed by atoms with Crippen molar-refractivity contribution in [2.24, 2.45) is 0 Å². The zero-order valence-electron chi connectivity index (χ0n) is 18.5. The van der Waals surface area contributed by atoms with Crippen LogP contribution in [0.4, 0.5) is 0 Å². The van der Waals surface area contributed by atoms with Gasteiger partial charge in [-0.1, -0.05) is 39.8 Å². The minimum Gasteiger partial charge on any atom is -0.493 e. The maximum atomic E-state index is 11.1. The van der Waals surface area contributed by atoms with Gasteiger partial charge in [0, 0.05) is 17.0 Å². The Morgan fingerprint density at radius 3 is 2.50 bits per heavy atom. The number of carbonyl (C=O) groups is 1. The van der Waals surface area contributed by atoms with Gasteiger partial charge in [0.2, 0.25) is 0 Å². The first-order valence-corrected chi connectivity index (χ1v) is 10.4.